The average Bonchev–Trinajstić information content (AvgIpc) is 2.57. The predicted octanol–water partition coefficient (Wildman–Crippen LogP) is 5.69. The molecule has 0 saturated heterocycles. The molecule has 0 bridgehead atoms. The first kappa shape index (κ1) is 15.2. The lowest BCUT2D eigenvalue weighted by Gasteiger charge is -2.29. The summed E-state index contributed by atoms with van der Waals surface area (Å²) in [4.78, 5) is 0. The summed E-state index contributed by atoms with van der Waals surface area (Å²) in [5, 5.41) is 20.3. The zero-order valence-electron chi connectivity index (χ0n) is 12.3. The molecule has 0 spiro atoms. The molecule has 0 amide bonds. The van der Waals surface area contributed by atoms with Crippen molar-refractivity contribution in [3.05, 3.63) is 81.3 Å². The molecular weight excluding hydrogens is 347 g/mol. The molecule has 0 unspecified atom stereocenters. The van der Waals surface area contributed by atoms with Gasteiger partial charge in [-0.05, 0) is 17.7 Å². The van der Waals surface area contributed by atoms with Crippen molar-refractivity contribution in [1.29, 1.82) is 0 Å². The number of rotatable bonds is 1. The van der Waals surface area contributed by atoms with Crippen molar-refractivity contribution in [2.24, 2.45) is 0 Å². The zero-order valence-corrected chi connectivity index (χ0v) is 13.8. The zero-order chi connectivity index (χ0) is 16.8. The summed E-state index contributed by atoms with van der Waals surface area (Å²) >= 11 is 12.2. The Morgan fingerprint density at radius 1 is 0.750 bits per heavy atom. The Kier molecular flexibility index (Phi) is 3.56. The number of hydrogen-bond acceptors (Lipinski definition) is 3. The molecule has 24 heavy (non-hydrogen) atoms. The fourth-order valence-electron chi connectivity index (χ4n) is 3.03. The maximum Gasteiger partial charge on any atom is 0.137 e. The van der Waals surface area contributed by atoms with Crippen LogP contribution < -0.4 is 4.74 Å². The van der Waals surface area contributed by atoms with Gasteiger partial charge in [-0.25, -0.2) is 0 Å². The van der Waals surface area contributed by atoms with E-state index >= 15 is 0 Å². The number of phenolic OH excluding ortho intramolecular Hbond substituents is 2. The third kappa shape index (κ3) is 2.37. The van der Waals surface area contributed by atoms with Gasteiger partial charge in [0.15, 0.2) is 0 Å². The van der Waals surface area contributed by atoms with E-state index < -0.39 is 0 Å². The minimum Gasteiger partial charge on any atom is -0.506 e. The van der Waals surface area contributed by atoms with Gasteiger partial charge in [0.2, 0.25) is 0 Å². The van der Waals surface area contributed by atoms with Crippen LogP contribution in [0.1, 0.15) is 22.6 Å². The van der Waals surface area contributed by atoms with Crippen molar-refractivity contribution in [3.63, 3.8) is 0 Å². The van der Waals surface area contributed by atoms with E-state index in [1.807, 2.05) is 30.3 Å². The number of ether oxygens (including phenoxy) is 1. The predicted molar refractivity (Wildman–Crippen MR) is 93.7 cm³/mol. The Hall–Kier alpha value is -2.36. The van der Waals surface area contributed by atoms with Gasteiger partial charge in [-0.3, -0.25) is 0 Å². The quantitative estimate of drug-likeness (QED) is 0.459. The first-order valence-electron chi connectivity index (χ1n) is 7.32. The van der Waals surface area contributed by atoms with Crippen LogP contribution in [0, 0.1) is 0 Å². The molecule has 120 valence electrons. The van der Waals surface area contributed by atoms with E-state index in [4.69, 9.17) is 27.9 Å². The van der Waals surface area contributed by atoms with Gasteiger partial charge in [-0.2, -0.15) is 0 Å². The molecule has 2 N–H and O–H groups in total. The molecule has 1 aliphatic rings. The second kappa shape index (κ2) is 5.62. The molecule has 5 heteroatoms. The van der Waals surface area contributed by atoms with Crippen LogP contribution in [0.15, 0.2) is 54.6 Å². The van der Waals surface area contributed by atoms with Crippen LogP contribution in [0.3, 0.4) is 0 Å². The number of benzene rings is 3. The van der Waals surface area contributed by atoms with Gasteiger partial charge < -0.3 is 14.9 Å². The standard InChI is InChI=1S/C19H12Cl2O3/c20-13-6-11-17(8-15(13)22)24-18-9-16(23)14(21)7-12(18)19(11)10-4-2-1-3-5-10/h1-9,19,22-23H. The summed E-state index contributed by atoms with van der Waals surface area (Å²) in [6.07, 6.45) is 0. The largest absolute Gasteiger partial charge is 0.506 e. The van der Waals surface area contributed by atoms with Crippen LogP contribution >= 0.6 is 23.2 Å². The minimum atomic E-state index is -0.166. The lowest BCUT2D eigenvalue weighted by molar-refractivity contribution is 0.428. The lowest BCUT2D eigenvalue weighted by atomic mass is 9.82. The molecule has 0 radical (unpaired) electrons. The molecule has 0 fully saturated rings. The van der Waals surface area contributed by atoms with Crippen LogP contribution in [0.5, 0.6) is 23.0 Å². The fourth-order valence-corrected chi connectivity index (χ4v) is 3.38. The molecule has 0 saturated carbocycles. The number of phenols is 2. The molecule has 0 atom stereocenters. The Labute approximate surface area is 148 Å². The molecule has 3 aromatic rings. The van der Waals surface area contributed by atoms with Gasteiger partial charge in [-0.15, -0.1) is 0 Å². The summed E-state index contributed by atoms with van der Waals surface area (Å²) in [6.45, 7) is 0. The summed E-state index contributed by atoms with van der Waals surface area (Å²) in [5.74, 6) is 0.730. The van der Waals surface area contributed by atoms with Crippen LogP contribution in [0.2, 0.25) is 10.0 Å². The van der Waals surface area contributed by atoms with Gasteiger partial charge >= 0.3 is 0 Å². The van der Waals surface area contributed by atoms with Crippen molar-refractivity contribution in [2.45, 2.75) is 5.92 Å². The Morgan fingerprint density at radius 2 is 1.25 bits per heavy atom. The van der Waals surface area contributed by atoms with Gasteiger partial charge in [-0.1, -0.05) is 53.5 Å². The van der Waals surface area contributed by atoms with Crippen molar-refractivity contribution in [2.75, 3.05) is 0 Å². The van der Waals surface area contributed by atoms with Gasteiger partial charge in [0.25, 0.3) is 0 Å². The van der Waals surface area contributed by atoms with Gasteiger partial charge in [0, 0.05) is 29.2 Å². The van der Waals surface area contributed by atoms with Crippen LogP contribution in [-0.2, 0) is 0 Å². The minimum absolute atomic E-state index is 0.0520. The summed E-state index contributed by atoms with van der Waals surface area (Å²) in [7, 11) is 0. The monoisotopic (exact) mass is 358 g/mol. The smallest absolute Gasteiger partial charge is 0.137 e. The van der Waals surface area contributed by atoms with E-state index in [2.05, 4.69) is 0 Å². The van der Waals surface area contributed by atoms with Crippen LogP contribution in [0.25, 0.3) is 0 Å². The van der Waals surface area contributed by atoms with E-state index in [-0.39, 0.29) is 27.5 Å². The lowest BCUT2D eigenvalue weighted by Crippen LogP contribution is -2.11. The molecule has 1 aliphatic heterocycles. The van der Waals surface area contributed by atoms with E-state index in [1.165, 1.54) is 12.1 Å². The molecule has 0 aromatic heterocycles. The molecule has 1 heterocycles. The third-order valence-corrected chi connectivity index (χ3v) is 4.74. The fraction of sp³-hybridized carbons (Fsp3) is 0.0526. The number of halogens is 2. The SMILES string of the molecule is Oc1cc2c(cc1Cl)C(c1ccccc1)c1cc(Cl)c(O)cc1O2. The summed E-state index contributed by atoms with van der Waals surface area (Å²) in [5.41, 5.74) is 2.70. The van der Waals surface area contributed by atoms with Crippen molar-refractivity contribution >= 4 is 23.2 Å². The maximum atomic E-state index is 9.90. The number of fused-ring (bicyclic) bond motifs is 2. The van der Waals surface area contributed by atoms with Gasteiger partial charge in [0.1, 0.15) is 23.0 Å². The number of aromatic hydroxyl groups is 2. The Bertz CT molecular complexity index is 882. The second-order valence-corrected chi connectivity index (χ2v) is 6.44. The van der Waals surface area contributed by atoms with Crippen LogP contribution in [0.4, 0.5) is 0 Å². The van der Waals surface area contributed by atoms with E-state index in [0.717, 1.165) is 16.7 Å². The molecule has 0 aliphatic carbocycles. The van der Waals surface area contributed by atoms with Crippen molar-refractivity contribution in [3.8, 4) is 23.0 Å². The normalized spacial score (nSPS) is 13.1. The topological polar surface area (TPSA) is 49.7 Å². The van der Waals surface area contributed by atoms with Crippen molar-refractivity contribution in [1.82, 2.24) is 0 Å². The second-order valence-electron chi connectivity index (χ2n) is 5.63. The molecule has 3 nitrogen and oxygen atoms in total. The highest BCUT2D eigenvalue weighted by atomic mass is 35.5. The van der Waals surface area contributed by atoms with E-state index in [9.17, 15) is 10.2 Å². The highest BCUT2D eigenvalue weighted by Gasteiger charge is 2.30. The van der Waals surface area contributed by atoms with Gasteiger partial charge in [0.05, 0.1) is 10.0 Å². The summed E-state index contributed by atoms with van der Waals surface area (Å²) in [6, 6.07) is 16.2. The Morgan fingerprint density at radius 3 is 1.75 bits per heavy atom. The van der Waals surface area contributed by atoms with Crippen LogP contribution in [-0.4, -0.2) is 10.2 Å². The highest BCUT2D eigenvalue weighted by molar-refractivity contribution is 6.32. The molecule has 3 aromatic carbocycles. The highest BCUT2D eigenvalue weighted by Crippen LogP contribution is 2.51. The molecular formula is C19H12Cl2O3. The Balaban J connectivity index is 2.01. The third-order valence-electron chi connectivity index (χ3n) is 4.13. The molecule has 4 rings (SSSR count). The first-order chi connectivity index (χ1) is 11.5. The summed E-state index contributed by atoms with van der Waals surface area (Å²) < 4.78 is 5.86. The maximum absolute atomic E-state index is 9.90. The first-order valence-corrected chi connectivity index (χ1v) is 8.08. The van der Waals surface area contributed by atoms with E-state index in [1.54, 1.807) is 12.1 Å². The average molecular weight is 359 g/mol. The van der Waals surface area contributed by atoms with Crippen molar-refractivity contribution < 1.29 is 14.9 Å². The van der Waals surface area contributed by atoms with E-state index in [0.29, 0.717) is 11.5 Å². The number of hydrogen-bond donors (Lipinski definition) is 2.